The van der Waals surface area contributed by atoms with Gasteiger partial charge in [0, 0.05) is 26.7 Å². The molecule has 0 atom stereocenters. The van der Waals surface area contributed by atoms with Crippen molar-refractivity contribution in [2.75, 3.05) is 39.9 Å². The number of rotatable bonds is 9. The molecule has 7 nitrogen and oxygen atoms in total. The van der Waals surface area contributed by atoms with Crippen molar-refractivity contribution in [3.05, 3.63) is 24.2 Å². The van der Waals surface area contributed by atoms with E-state index in [0.29, 0.717) is 26.2 Å². The first-order valence-corrected chi connectivity index (χ1v) is 6.02. The number of hydrogen-bond donors (Lipinski definition) is 3. The summed E-state index contributed by atoms with van der Waals surface area (Å²) in [5, 5.41) is 8.22. The van der Waals surface area contributed by atoms with Crippen LogP contribution in [0.1, 0.15) is 10.6 Å². The lowest BCUT2D eigenvalue weighted by atomic mass is 10.4. The Bertz CT molecular complexity index is 378. The molecule has 3 N–H and O–H groups in total. The molecule has 0 bridgehead atoms. The summed E-state index contributed by atoms with van der Waals surface area (Å²) >= 11 is 0. The van der Waals surface area contributed by atoms with Crippen molar-refractivity contribution >= 4 is 11.8 Å². The Morgan fingerprint density at radius 2 is 2.05 bits per heavy atom. The highest BCUT2D eigenvalue weighted by Gasteiger charge is 2.07. The highest BCUT2D eigenvalue weighted by Crippen LogP contribution is 1.98. The molecular weight excluding hydrogens is 250 g/mol. The fourth-order valence-corrected chi connectivity index (χ4v) is 1.31. The molecule has 0 radical (unpaired) electrons. The van der Waals surface area contributed by atoms with E-state index in [1.54, 1.807) is 19.2 Å². The van der Waals surface area contributed by atoms with Crippen molar-refractivity contribution in [3.8, 4) is 0 Å². The van der Waals surface area contributed by atoms with Crippen molar-refractivity contribution < 1.29 is 18.7 Å². The average molecular weight is 269 g/mol. The minimum Gasteiger partial charge on any atom is -0.459 e. The Hall–Kier alpha value is -1.86. The summed E-state index contributed by atoms with van der Waals surface area (Å²) in [6.07, 6.45) is 1.43. The SMILES string of the molecule is COCCNCC(=O)NCCNC(=O)c1ccco1. The van der Waals surface area contributed by atoms with Gasteiger partial charge in [0.25, 0.3) is 5.91 Å². The van der Waals surface area contributed by atoms with Crippen LogP contribution in [0, 0.1) is 0 Å². The summed E-state index contributed by atoms with van der Waals surface area (Å²) in [4.78, 5) is 22.8. The van der Waals surface area contributed by atoms with Crippen LogP contribution in [-0.4, -0.2) is 51.7 Å². The molecule has 0 unspecified atom stereocenters. The first-order chi connectivity index (χ1) is 9.24. The number of carbonyl (C=O) groups excluding carboxylic acids is 2. The van der Waals surface area contributed by atoms with Crippen molar-refractivity contribution in [1.82, 2.24) is 16.0 Å². The van der Waals surface area contributed by atoms with Crippen LogP contribution < -0.4 is 16.0 Å². The summed E-state index contributed by atoms with van der Waals surface area (Å²) in [6.45, 7) is 2.14. The highest BCUT2D eigenvalue weighted by atomic mass is 16.5. The molecule has 1 aromatic heterocycles. The molecule has 0 spiro atoms. The molecule has 0 fully saturated rings. The molecule has 0 aliphatic rings. The van der Waals surface area contributed by atoms with Crippen LogP contribution in [0.5, 0.6) is 0 Å². The van der Waals surface area contributed by atoms with Crippen molar-refractivity contribution in [2.45, 2.75) is 0 Å². The summed E-state index contributed by atoms with van der Waals surface area (Å²) in [5.74, 6) is -0.159. The molecule has 19 heavy (non-hydrogen) atoms. The van der Waals surface area contributed by atoms with Crippen LogP contribution in [0.15, 0.2) is 22.8 Å². The Balaban J connectivity index is 2.01. The van der Waals surface area contributed by atoms with Crippen molar-refractivity contribution in [2.24, 2.45) is 0 Å². The van der Waals surface area contributed by atoms with E-state index in [2.05, 4.69) is 16.0 Å². The molecule has 0 saturated carbocycles. The van der Waals surface area contributed by atoms with Gasteiger partial charge in [0.15, 0.2) is 5.76 Å². The van der Waals surface area contributed by atoms with Gasteiger partial charge < -0.3 is 25.1 Å². The first-order valence-electron chi connectivity index (χ1n) is 6.02. The van der Waals surface area contributed by atoms with E-state index in [1.165, 1.54) is 6.26 Å². The zero-order valence-electron chi connectivity index (χ0n) is 10.9. The maximum absolute atomic E-state index is 11.5. The fourth-order valence-electron chi connectivity index (χ4n) is 1.31. The molecular formula is C12H19N3O4. The third kappa shape index (κ3) is 6.58. The van der Waals surface area contributed by atoms with Gasteiger partial charge in [-0.15, -0.1) is 0 Å². The molecule has 0 aliphatic carbocycles. The van der Waals surface area contributed by atoms with E-state index in [1.807, 2.05) is 0 Å². The smallest absolute Gasteiger partial charge is 0.287 e. The number of hydrogen-bond acceptors (Lipinski definition) is 5. The maximum atomic E-state index is 11.5. The van der Waals surface area contributed by atoms with Crippen LogP contribution >= 0.6 is 0 Å². The number of furan rings is 1. The van der Waals surface area contributed by atoms with E-state index in [0.717, 1.165) is 0 Å². The molecule has 0 aliphatic heterocycles. The standard InChI is InChI=1S/C12H19N3O4/c1-18-8-6-13-9-11(16)14-4-5-15-12(17)10-3-2-7-19-10/h2-3,7,13H,4-6,8-9H2,1H3,(H,14,16)(H,15,17). The van der Waals surface area contributed by atoms with Gasteiger partial charge in [-0.2, -0.15) is 0 Å². The zero-order chi connectivity index (χ0) is 13.9. The molecule has 2 amide bonds. The Morgan fingerprint density at radius 1 is 1.26 bits per heavy atom. The topological polar surface area (TPSA) is 92.6 Å². The predicted octanol–water partition coefficient (Wildman–Crippen LogP) is -0.638. The van der Waals surface area contributed by atoms with Crippen LogP contribution in [0.2, 0.25) is 0 Å². The maximum Gasteiger partial charge on any atom is 0.287 e. The monoisotopic (exact) mass is 269 g/mol. The van der Waals surface area contributed by atoms with Crippen LogP contribution in [0.4, 0.5) is 0 Å². The van der Waals surface area contributed by atoms with Gasteiger partial charge in [0.2, 0.25) is 5.91 Å². The Labute approximate surface area is 111 Å². The normalized spacial score (nSPS) is 10.2. The van der Waals surface area contributed by atoms with Gasteiger partial charge in [0.05, 0.1) is 19.4 Å². The lowest BCUT2D eigenvalue weighted by molar-refractivity contribution is -0.120. The van der Waals surface area contributed by atoms with Gasteiger partial charge in [-0.1, -0.05) is 0 Å². The van der Waals surface area contributed by atoms with E-state index in [4.69, 9.17) is 9.15 Å². The van der Waals surface area contributed by atoms with Crippen LogP contribution in [0.3, 0.4) is 0 Å². The largest absolute Gasteiger partial charge is 0.459 e. The van der Waals surface area contributed by atoms with Gasteiger partial charge >= 0.3 is 0 Å². The first kappa shape index (κ1) is 15.2. The van der Waals surface area contributed by atoms with Crippen LogP contribution in [-0.2, 0) is 9.53 Å². The second-order valence-corrected chi connectivity index (χ2v) is 3.75. The third-order valence-electron chi connectivity index (χ3n) is 2.25. The predicted molar refractivity (Wildman–Crippen MR) is 68.8 cm³/mol. The molecule has 106 valence electrons. The zero-order valence-corrected chi connectivity index (χ0v) is 10.9. The van der Waals surface area contributed by atoms with E-state index >= 15 is 0 Å². The Kier molecular flexibility index (Phi) is 7.30. The van der Waals surface area contributed by atoms with E-state index in [9.17, 15) is 9.59 Å². The summed E-state index contributed by atoms with van der Waals surface area (Å²) in [6, 6.07) is 3.22. The number of amides is 2. The number of ether oxygens (including phenoxy) is 1. The van der Waals surface area contributed by atoms with E-state index < -0.39 is 0 Å². The number of carbonyl (C=O) groups is 2. The summed E-state index contributed by atoms with van der Waals surface area (Å²) in [7, 11) is 1.60. The Morgan fingerprint density at radius 3 is 2.74 bits per heavy atom. The van der Waals surface area contributed by atoms with Crippen molar-refractivity contribution in [3.63, 3.8) is 0 Å². The van der Waals surface area contributed by atoms with Gasteiger partial charge in [0.1, 0.15) is 0 Å². The fraction of sp³-hybridized carbons (Fsp3) is 0.500. The van der Waals surface area contributed by atoms with Gasteiger partial charge in [-0.25, -0.2) is 0 Å². The molecule has 1 heterocycles. The van der Waals surface area contributed by atoms with Crippen molar-refractivity contribution in [1.29, 1.82) is 0 Å². The van der Waals surface area contributed by atoms with Gasteiger partial charge in [-0.3, -0.25) is 9.59 Å². The second-order valence-electron chi connectivity index (χ2n) is 3.75. The number of methoxy groups -OCH3 is 1. The summed E-state index contributed by atoms with van der Waals surface area (Å²) in [5.41, 5.74) is 0. The molecule has 7 heteroatoms. The quantitative estimate of drug-likeness (QED) is 0.519. The molecule has 1 aromatic rings. The van der Waals surface area contributed by atoms with Gasteiger partial charge in [-0.05, 0) is 12.1 Å². The average Bonchev–Trinajstić information content (AvgIpc) is 2.93. The molecule has 0 aromatic carbocycles. The molecule has 1 rings (SSSR count). The lowest BCUT2D eigenvalue weighted by Crippen LogP contribution is -2.39. The number of nitrogens with one attached hydrogen (secondary N) is 3. The molecule has 0 saturated heterocycles. The third-order valence-corrected chi connectivity index (χ3v) is 2.25. The second kappa shape index (κ2) is 9.12. The van der Waals surface area contributed by atoms with Crippen LogP contribution in [0.25, 0.3) is 0 Å². The van der Waals surface area contributed by atoms with E-state index in [-0.39, 0.29) is 24.1 Å². The highest BCUT2D eigenvalue weighted by molar-refractivity contribution is 5.91. The lowest BCUT2D eigenvalue weighted by Gasteiger charge is -2.07. The summed E-state index contributed by atoms with van der Waals surface area (Å²) < 4.78 is 9.76. The minimum atomic E-state index is -0.294. The minimum absolute atomic E-state index is 0.122.